The maximum Gasteiger partial charge on any atom is 0.412 e. The second-order valence-electron chi connectivity index (χ2n) is 9.71. The lowest BCUT2D eigenvalue weighted by molar-refractivity contribution is 0.0599. The summed E-state index contributed by atoms with van der Waals surface area (Å²) < 4.78 is 10.3. The van der Waals surface area contributed by atoms with Crippen LogP contribution in [0.25, 0.3) is 22.3 Å². The van der Waals surface area contributed by atoms with Crippen LogP contribution in [0.15, 0.2) is 91.3 Å². The topological polar surface area (TPSA) is 107 Å². The van der Waals surface area contributed by atoms with Crippen LogP contribution < -0.4 is 10.6 Å². The van der Waals surface area contributed by atoms with Gasteiger partial charge in [-0.25, -0.2) is 9.59 Å². The molecule has 0 saturated heterocycles. The van der Waals surface area contributed by atoms with Crippen molar-refractivity contribution in [2.75, 3.05) is 17.7 Å². The zero-order chi connectivity index (χ0) is 28.0. The van der Waals surface area contributed by atoms with Gasteiger partial charge < -0.3 is 14.8 Å². The van der Waals surface area contributed by atoms with Crippen molar-refractivity contribution in [3.63, 3.8) is 0 Å². The lowest BCUT2D eigenvalue weighted by atomic mass is 10.00. The minimum absolute atomic E-state index is 0.180. The summed E-state index contributed by atoms with van der Waals surface area (Å²) >= 11 is 0. The molecule has 4 aromatic rings. The highest BCUT2D eigenvalue weighted by Crippen LogP contribution is 2.32. The van der Waals surface area contributed by atoms with Gasteiger partial charge in [-0.05, 0) is 56.2 Å². The number of hydrogen-bond donors (Lipinski definition) is 2. The number of hydrogen-bond acceptors (Lipinski definition) is 6. The average molecular weight is 524 g/mol. The van der Waals surface area contributed by atoms with Crippen LogP contribution in [0.4, 0.5) is 16.2 Å². The largest absolute Gasteiger partial charge is 0.465 e. The summed E-state index contributed by atoms with van der Waals surface area (Å²) in [5.74, 6) is -1.05. The molecule has 0 atom stereocenters. The molecule has 198 valence electrons. The van der Waals surface area contributed by atoms with E-state index < -0.39 is 23.6 Å². The molecule has 3 aromatic carbocycles. The third kappa shape index (κ3) is 6.87. The summed E-state index contributed by atoms with van der Waals surface area (Å²) in [5, 5.41) is 5.60. The van der Waals surface area contributed by atoms with Gasteiger partial charge in [-0.2, -0.15) is 0 Å². The summed E-state index contributed by atoms with van der Waals surface area (Å²) in [6.45, 7) is 5.35. The SMILES string of the molecule is COC(=O)c1ccc(-c2ccccc2NC(=O)OC(C)(C)C)cc1NC(=O)c1cncc(-c2ccccc2)c1. The molecule has 1 aromatic heterocycles. The molecule has 1 heterocycles. The first kappa shape index (κ1) is 27.1. The predicted molar refractivity (Wildman–Crippen MR) is 151 cm³/mol. The van der Waals surface area contributed by atoms with E-state index in [0.717, 1.165) is 11.1 Å². The Bertz CT molecular complexity index is 1510. The second kappa shape index (κ2) is 11.6. The lowest BCUT2D eigenvalue weighted by Crippen LogP contribution is -2.27. The van der Waals surface area contributed by atoms with Crippen LogP contribution in [0.3, 0.4) is 0 Å². The molecule has 0 fully saturated rings. The molecular formula is C31H29N3O5. The summed E-state index contributed by atoms with van der Waals surface area (Å²) in [5.41, 5.74) is 3.63. The molecule has 0 aliphatic carbocycles. The normalized spacial score (nSPS) is 10.9. The predicted octanol–water partition coefficient (Wildman–Crippen LogP) is 6.80. The van der Waals surface area contributed by atoms with Crippen LogP contribution in [0.2, 0.25) is 0 Å². The van der Waals surface area contributed by atoms with Crippen molar-refractivity contribution in [2.24, 2.45) is 0 Å². The van der Waals surface area contributed by atoms with Crippen molar-refractivity contribution in [2.45, 2.75) is 26.4 Å². The van der Waals surface area contributed by atoms with Crippen molar-refractivity contribution >= 4 is 29.3 Å². The number of anilines is 2. The summed E-state index contributed by atoms with van der Waals surface area (Å²) in [4.78, 5) is 42.5. The number of benzene rings is 3. The van der Waals surface area contributed by atoms with Crippen molar-refractivity contribution in [1.29, 1.82) is 0 Å². The van der Waals surface area contributed by atoms with Crippen LogP contribution >= 0.6 is 0 Å². The van der Waals surface area contributed by atoms with Crippen molar-refractivity contribution in [3.8, 4) is 22.3 Å². The molecule has 0 aliphatic rings. The molecule has 0 bridgehead atoms. The highest BCUT2D eigenvalue weighted by molar-refractivity contribution is 6.09. The van der Waals surface area contributed by atoms with Gasteiger partial charge in [0.25, 0.3) is 5.91 Å². The van der Waals surface area contributed by atoms with Gasteiger partial charge in [0.05, 0.1) is 29.6 Å². The smallest absolute Gasteiger partial charge is 0.412 e. The number of amides is 2. The molecular weight excluding hydrogens is 494 g/mol. The number of pyridine rings is 1. The van der Waals surface area contributed by atoms with Gasteiger partial charge in [0, 0.05) is 23.5 Å². The van der Waals surface area contributed by atoms with Crippen LogP contribution in [-0.4, -0.2) is 35.7 Å². The zero-order valence-electron chi connectivity index (χ0n) is 22.1. The lowest BCUT2D eigenvalue weighted by Gasteiger charge is -2.20. The Morgan fingerprint density at radius 1 is 0.744 bits per heavy atom. The van der Waals surface area contributed by atoms with Gasteiger partial charge in [-0.1, -0.05) is 54.6 Å². The van der Waals surface area contributed by atoms with Crippen LogP contribution in [0, 0.1) is 0 Å². The molecule has 0 unspecified atom stereocenters. The monoisotopic (exact) mass is 523 g/mol. The molecule has 0 saturated carbocycles. The number of nitrogens with zero attached hydrogens (tertiary/aromatic N) is 1. The molecule has 4 rings (SSSR count). The van der Waals surface area contributed by atoms with Gasteiger partial charge in [0.15, 0.2) is 0 Å². The molecule has 8 heteroatoms. The van der Waals surface area contributed by atoms with Crippen molar-refractivity contribution < 1.29 is 23.9 Å². The standard InChI is InChI=1S/C31H29N3O5/c1-31(2,3)39-30(37)34-26-13-9-8-12-24(26)21-14-15-25(29(36)38-4)27(17-21)33-28(35)23-16-22(18-32-19-23)20-10-6-5-7-11-20/h5-19H,1-4H3,(H,33,35)(H,34,37). The first-order valence-corrected chi connectivity index (χ1v) is 12.3. The summed E-state index contributed by atoms with van der Waals surface area (Å²) in [6.07, 6.45) is 2.55. The van der Waals surface area contributed by atoms with E-state index in [9.17, 15) is 14.4 Å². The van der Waals surface area contributed by atoms with Crippen molar-refractivity contribution in [1.82, 2.24) is 4.98 Å². The molecule has 2 amide bonds. The van der Waals surface area contributed by atoms with E-state index in [4.69, 9.17) is 9.47 Å². The molecule has 0 aliphatic heterocycles. The molecule has 39 heavy (non-hydrogen) atoms. The Balaban J connectivity index is 1.67. The van der Waals surface area contributed by atoms with Gasteiger partial charge in [-0.3, -0.25) is 15.1 Å². The van der Waals surface area contributed by atoms with E-state index in [0.29, 0.717) is 22.4 Å². The highest BCUT2D eigenvalue weighted by Gasteiger charge is 2.20. The fourth-order valence-corrected chi connectivity index (χ4v) is 3.91. The number of esters is 1. The van der Waals surface area contributed by atoms with Crippen LogP contribution in [0.1, 0.15) is 41.5 Å². The third-order valence-corrected chi connectivity index (χ3v) is 5.65. The maximum absolute atomic E-state index is 13.3. The first-order chi connectivity index (χ1) is 18.6. The number of aromatic nitrogens is 1. The van der Waals surface area contributed by atoms with Gasteiger partial charge in [0.2, 0.25) is 0 Å². The number of rotatable bonds is 6. The van der Waals surface area contributed by atoms with E-state index in [1.165, 1.54) is 13.3 Å². The quantitative estimate of drug-likeness (QED) is 0.269. The van der Waals surface area contributed by atoms with E-state index >= 15 is 0 Å². The highest BCUT2D eigenvalue weighted by atomic mass is 16.6. The number of carbonyl (C=O) groups excluding carboxylic acids is 3. The Labute approximate surface area is 227 Å². The molecule has 2 N–H and O–H groups in total. The number of para-hydroxylation sites is 1. The first-order valence-electron chi connectivity index (χ1n) is 12.3. The average Bonchev–Trinajstić information content (AvgIpc) is 2.92. The van der Waals surface area contributed by atoms with Gasteiger partial charge in [-0.15, -0.1) is 0 Å². The second-order valence-corrected chi connectivity index (χ2v) is 9.71. The number of nitrogens with one attached hydrogen (secondary N) is 2. The Kier molecular flexibility index (Phi) is 8.05. The Hall–Kier alpha value is -4.98. The number of methoxy groups -OCH3 is 1. The summed E-state index contributed by atoms with van der Waals surface area (Å²) in [7, 11) is 1.27. The maximum atomic E-state index is 13.3. The molecule has 0 radical (unpaired) electrons. The third-order valence-electron chi connectivity index (χ3n) is 5.65. The minimum Gasteiger partial charge on any atom is -0.465 e. The van der Waals surface area contributed by atoms with E-state index in [1.807, 2.05) is 42.5 Å². The molecule has 8 nitrogen and oxygen atoms in total. The van der Waals surface area contributed by atoms with E-state index in [-0.39, 0.29) is 11.3 Å². The van der Waals surface area contributed by atoms with E-state index in [1.54, 1.807) is 63.4 Å². The minimum atomic E-state index is -0.661. The Morgan fingerprint density at radius 3 is 2.18 bits per heavy atom. The fraction of sp³-hybridized carbons (Fsp3) is 0.161. The van der Waals surface area contributed by atoms with E-state index in [2.05, 4.69) is 15.6 Å². The van der Waals surface area contributed by atoms with Crippen LogP contribution in [0.5, 0.6) is 0 Å². The fourth-order valence-electron chi connectivity index (χ4n) is 3.91. The zero-order valence-corrected chi connectivity index (χ0v) is 22.1. The number of carbonyl (C=O) groups is 3. The molecule has 0 spiro atoms. The summed E-state index contributed by atoms with van der Waals surface area (Å²) in [6, 6.07) is 23.4. The van der Waals surface area contributed by atoms with Gasteiger partial charge in [0.1, 0.15) is 5.60 Å². The van der Waals surface area contributed by atoms with Crippen LogP contribution in [-0.2, 0) is 9.47 Å². The Morgan fingerprint density at radius 2 is 1.46 bits per heavy atom. The van der Waals surface area contributed by atoms with Gasteiger partial charge >= 0.3 is 12.1 Å². The number of ether oxygens (including phenoxy) is 2. The van der Waals surface area contributed by atoms with Crippen molar-refractivity contribution in [3.05, 3.63) is 102 Å².